The van der Waals surface area contributed by atoms with E-state index in [1.54, 1.807) is 6.92 Å². The molecule has 1 atom stereocenters. The van der Waals surface area contributed by atoms with E-state index >= 15 is 0 Å². The monoisotopic (exact) mass is 247 g/mol. The average Bonchev–Trinajstić information content (AvgIpc) is 2.39. The molecule has 1 aliphatic carbocycles. The Labute approximate surface area is 111 Å². The first-order valence-corrected chi connectivity index (χ1v) is 7.08. The summed E-state index contributed by atoms with van der Waals surface area (Å²) in [4.78, 5) is 2.40. The summed E-state index contributed by atoms with van der Waals surface area (Å²) < 4.78 is 0. The topological polar surface area (TPSA) is 23.5 Å². The summed E-state index contributed by atoms with van der Waals surface area (Å²) in [6.07, 6.45) is 4.92. The maximum Gasteiger partial charge on any atom is 0.0761 e. The predicted molar refractivity (Wildman–Crippen MR) is 76.9 cm³/mol. The van der Waals surface area contributed by atoms with E-state index in [0.29, 0.717) is 6.04 Å². The molecule has 0 amide bonds. The molecule has 1 aromatic rings. The molecule has 1 aliphatic rings. The number of benzene rings is 1. The van der Waals surface area contributed by atoms with Crippen LogP contribution in [0, 0.1) is 5.92 Å². The van der Waals surface area contributed by atoms with Crippen LogP contribution in [0.2, 0.25) is 0 Å². The van der Waals surface area contributed by atoms with Crippen LogP contribution in [0.1, 0.15) is 51.2 Å². The van der Waals surface area contributed by atoms with E-state index in [9.17, 15) is 5.11 Å². The molecule has 2 heteroatoms. The second-order valence-corrected chi connectivity index (χ2v) is 5.79. The minimum absolute atomic E-state index is 0.375. The van der Waals surface area contributed by atoms with Gasteiger partial charge in [-0.2, -0.15) is 0 Å². The van der Waals surface area contributed by atoms with E-state index in [-0.39, 0.29) is 6.10 Å². The van der Waals surface area contributed by atoms with Crippen molar-refractivity contribution in [2.45, 2.75) is 51.7 Å². The van der Waals surface area contributed by atoms with Crippen LogP contribution in [0.4, 0.5) is 5.69 Å². The van der Waals surface area contributed by atoms with Crippen molar-refractivity contribution < 1.29 is 5.11 Å². The van der Waals surface area contributed by atoms with Crippen molar-refractivity contribution in [2.24, 2.45) is 5.92 Å². The van der Waals surface area contributed by atoms with E-state index in [2.05, 4.69) is 31.0 Å². The van der Waals surface area contributed by atoms with Crippen molar-refractivity contribution in [3.8, 4) is 0 Å². The minimum Gasteiger partial charge on any atom is -0.389 e. The number of hydrogen-bond acceptors (Lipinski definition) is 2. The van der Waals surface area contributed by atoms with E-state index in [0.717, 1.165) is 11.5 Å². The van der Waals surface area contributed by atoms with Crippen molar-refractivity contribution in [2.75, 3.05) is 11.9 Å². The molecular formula is C16H25NO. The summed E-state index contributed by atoms with van der Waals surface area (Å²) >= 11 is 0. The van der Waals surface area contributed by atoms with Gasteiger partial charge in [0, 0.05) is 18.8 Å². The van der Waals surface area contributed by atoms with Gasteiger partial charge in [-0.25, -0.2) is 0 Å². The lowest BCUT2D eigenvalue weighted by Gasteiger charge is -2.35. The molecule has 1 saturated carbocycles. The first kappa shape index (κ1) is 13.4. The quantitative estimate of drug-likeness (QED) is 0.879. The minimum atomic E-state index is -0.375. The Balaban J connectivity index is 2.02. The maximum absolute atomic E-state index is 9.52. The SMILES string of the molecule is CC1CCC(N(C)c2ccc([C@@H](C)O)cc2)CC1. The number of aliphatic hydroxyl groups excluding tert-OH is 1. The smallest absolute Gasteiger partial charge is 0.0761 e. The summed E-state index contributed by atoms with van der Waals surface area (Å²) in [6, 6.07) is 8.99. The lowest BCUT2D eigenvalue weighted by atomic mass is 9.86. The molecule has 100 valence electrons. The maximum atomic E-state index is 9.52. The Morgan fingerprint density at radius 3 is 2.17 bits per heavy atom. The number of aliphatic hydroxyl groups is 1. The molecule has 0 bridgehead atoms. The summed E-state index contributed by atoms with van der Waals surface area (Å²) in [5, 5.41) is 9.52. The van der Waals surface area contributed by atoms with Gasteiger partial charge in [-0.1, -0.05) is 19.1 Å². The first-order valence-electron chi connectivity index (χ1n) is 7.08. The first-order chi connectivity index (χ1) is 8.58. The molecule has 0 saturated heterocycles. The van der Waals surface area contributed by atoms with Crippen LogP contribution in [0.5, 0.6) is 0 Å². The molecule has 0 spiro atoms. The van der Waals surface area contributed by atoms with Gasteiger partial charge in [-0.05, 0) is 56.2 Å². The lowest BCUT2D eigenvalue weighted by Crippen LogP contribution is -2.34. The molecule has 2 rings (SSSR count). The van der Waals surface area contributed by atoms with Gasteiger partial charge >= 0.3 is 0 Å². The fraction of sp³-hybridized carbons (Fsp3) is 0.625. The van der Waals surface area contributed by atoms with Crippen LogP contribution in [0.15, 0.2) is 24.3 Å². The third kappa shape index (κ3) is 3.05. The molecule has 18 heavy (non-hydrogen) atoms. The molecule has 0 unspecified atom stereocenters. The summed E-state index contributed by atoms with van der Waals surface area (Å²) in [7, 11) is 2.19. The number of anilines is 1. The van der Waals surface area contributed by atoms with Crippen molar-refractivity contribution >= 4 is 5.69 Å². The third-order valence-corrected chi connectivity index (χ3v) is 4.32. The Hall–Kier alpha value is -1.02. The third-order valence-electron chi connectivity index (χ3n) is 4.32. The largest absolute Gasteiger partial charge is 0.389 e. The highest BCUT2D eigenvalue weighted by atomic mass is 16.3. The molecule has 0 aliphatic heterocycles. The molecule has 1 fully saturated rings. The van der Waals surface area contributed by atoms with Gasteiger partial charge in [-0.3, -0.25) is 0 Å². The Bertz CT molecular complexity index is 363. The van der Waals surface area contributed by atoms with Crippen molar-refractivity contribution in [1.29, 1.82) is 0 Å². The van der Waals surface area contributed by atoms with Crippen LogP contribution in [0.25, 0.3) is 0 Å². The summed E-state index contributed by atoms with van der Waals surface area (Å²) in [5.41, 5.74) is 2.25. The van der Waals surface area contributed by atoms with Crippen LogP contribution in [-0.2, 0) is 0 Å². The van der Waals surface area contributed by atoms with Gasteiger partial charge in [0.15, 0.2) is 0 Å². The zero-order valence-electron chi connectivity index (χ0n) is 11.8. The van der Waals surface area contributed by atoms with Crippen molar-refractivity contribution in [3.05, 3.63) is 29.8 Å². The summed E-state index contributed by atoms with van der Waals surface area (Å²) in [5.74, 6) is 0.896. The molecule has 0 radical (unpaired) electrons. The average molecular weight is 247 g/mol. The van der Waals surface area contributed by atoms with E-state index in [1.165, 1.54) is 31.4 Å². The van der Waals surface area contributed by atoms with E-state index in [4.69, 9.17) is 0 Å². The highest BCUT2D eigenvalue weighted by molar-refractivity contribution is 5.48. The fourth-order valence-electron chi connectivity index (χ4n) is 2.83. The molecule has 0 aromatic heterocycles. The van der Waals surface area contributed by atoms with Gasteiger partial charge in [0.2, 0.25) is 0 Å². The number of hydrogen-bond donors (Lipinski definition) is 1. The summed E-state index contributed by atoms with van der Waals surface area (Å²) in [6.45, 7) is 4.16. The molecule has 0 heterocycles. The number of rotatable bonds is 3. The molecule has 1 aromatic carbocycles. The van der Waals surface area contributed by atoms with Crippen LogP contribution < -0.4 is 4.90 Å². The lowest BCUT2D eigenvalue weighted by molar-refractivity contribution is 0.199. The second-order valence-electron chi connectivity index (χ2n) is 5.79. The zero-order valence-corrected chi connectivity index (χ0v) is 11.8. The standard InChI is InChI=1S/C16H25NO/c1-12-4-8-15(9-5-12)17(3)16-10-6-14(7-11-16)13(2)18/h6-7,10-13,15,18H,4-5,8-9H2,1-3H3/t12?,13-,15?/m1/s1. The van der Waals surface area contributed by atoms with Gasteiger partial charge in [-0.15, -0.1) is 0 Å². The highest BCUT2D eigenvalue weighted by Crippen LogP contribution is 2.29. The predicted octanol–water partition coefficient (Wildman–Crippen LogP) is 3.75. The Kier molecular flexibility index (Phi) is 4.28. The van der Waals surface area contributed by atoms with E-state index < -0.39 is 0 Å². The zero-order chi connectivity index (χ0) is 13.1. The second kappa shape index (κ2) is 5.75. The van der Waals surface area contributed by atoms with Gasteiger partial charge in [0.05, 0.1) is 6.10 Å². The van der Waals surface area contributed by atoms with Gasteiger partial charge in [0.25, 0.3) is 0 Å². The van der Waals surface area contributed by atoms with E-state index in [1.807, 2.05) is 12.1 Å². The van der Waals surface area contributed by atoms with Crippen LogP contribution in [0.3, 0.4) is 0 Å². The van der Waals surface area contributed by atoms with Crippen LogP contribution in [-0.4, -0.2) is 18.2 Å². The van der Waals surface area contributed by atoms with Gasteiger partial charge < -0.3 is 10.0 Å². The van der Waals surface area contributed by atoms with Crippen molar-refractivity contribution in [1.82, 2.24) is 0 Å². The Morgan fingerprint density at radius 2 is 1.67 bits per heavy atom. The molecule has 2 nitrogen and oxygen atoms in total. The van der Waals surface area contributed by atoms with Crippen LogP contribution >= 0.6 is 0 Å². The van der Waals surface area contributed by atoms with Gasteiger partial charge in [0.1, 0.15) is 0 Å². The fourth-order valence-corrected chi connectivity index (χ4v) is 2.83. The molecule has 1 N–H and O–H groups in total. The molecular weight excluding hydrogens is 222 g/mol. The van der Waals surface area contributed by atoms with Crippen molar-refractivity contribution in [3.63, 3.8) is 0 Å². The number of nitrogens with zero attached hydrogens (tertiary/aromatic N) is 1. The Morgan fingerprint density at radius 1 is 1.11 bits per heavy atom. The highest BCUT2D eigenvalue weighted by Gasteiger charge is 2.21. The normalized spacial score (nSPS) is 25.8.